The lowest BCUT2D eigenvalue weighted by atomic mass is 10.0. The third-order valence-electron chi connectivity index (χ3n) is 7.09. The standard InChI is InChI=1S/C29H42FN5O4/c1-4-7-9-10-11-12-13-14-15-16-22(36)32-26-25-27(34-28(30)33-26)35(21-31-25)23-18-19-29(6-3,39-23)20-38-24(37)17-8-5-2/h3,21,23H,4-5,7-20H2,1-2H3,(H,32,33,34,36)/t23-,29+/m1/s1. The van der Waals surface area contributed by atoms with Crippen LogP contribution in [0.2, 0.25) is 0 Å². The first-order chi connectivity index (χ1) is 18.9. The van der Waals surface area contributed by atoms with Gasteiger partial charge in [0.15, 0.2) is 22.6 Å². The fraction of sp³-hybridized carbons (Fsp3) is 0.690. The summed E-state index contributed by atoms with van der Waals surface area (Å²) in [6.45, 7) is 4.15. The smallest absolute Gasteiger partial charge is 0.312 e. The summed E-state index contributed by atoms with van der Waals surface area (Å²) < 4.78 is 27.4. The lowest BCUT2D eigenvalue weighted by molar-refractivity contribution is -0.152. The number of aromatic nitrogens is 4. The van der Waals surface area contributed by atoms with Crippen molar-refractivity contribution in [1.29, 1.82) is 0 Å². The van der Waals surface area contributed by atoms with Crippen molar-refractivity contribution in [3.05, 3.63) is 12.4 Å². The number of nitrogens with zero attached hydrogens (tertiary/aromatic N) is 4. The van der Waals surface area contributed by atoms with Gasteiger partial charge in [0.2, 0.25) is 5.91 Å². The van der Waals surface area contributed by atoms with E-state index >= 15 is 0 Å². The normalized spacial score (nSPS) is 18.8. The summed E-state index contributed by atoms with van der Waals surface area (Å²) in [5.74, 6) is 2.10. The Balaban J connectivity index is 1.55. The number of fused-ring (bicyclic) bond motifs is 1. The maximum absolute atomic E-state index is 14.4. The van der Waals surface area contributed by atoms with Gasteiger partial charge < -0.3 is 14.8 Å². The Hall–Kier alpha value is -3.06. The summed E-state index contributed by atoms with van der Waals surface area (Å²) >= 11 is 0. The minimum atomic E-state index is -1.08. The number of hydrogen-bond acceptors (Lipinski definition) is 7. The first kappa shape index (κ1) is 30.5. The molecule has 1 N–H and O–H groups in total. The molecule has 1 aliphatic heterocycles. The van der Waals surface area contributed by atoms with E-state index in [4.69, 9.17) is 15.9 Å². The first-order valence-corrected chi connectivity index (χ1v) is 14.4. The Labute approximate surface area is 230 Å². The van der Waals surface area contributed by atoms with E-state index in [9.17, 15) is 14.0 Å². The maximum Gasteiger partial charge on any atom is 0.312 e. The van der Waals surface area contributed by atoms with Gasteiger partial charge in [0, 0.05) is 12.8 Å². The summed E-state index contributed by atoms with van der Waals surface area (Å²) in [5, 5.41) is 2.70. The molecule has 3 heterocycles. The van der Waals surface area contributed by atoms with E-state index in [0.29, 0.717) is 25.7 Å². The second-order valence-electron chi connectivity index (χ2n) is 10.3. The van der Waals surface area contributed by atoms with Crippen LogP contribution in [0.15, 0.2) is 6.33 Å². The number of nitrogens with one attached hydrogen (secondary N) is 1. The van der Waals surface area contributed by atoms with Crippen LogP contribution >= 0.6 is 0 Å². The van der Waals surface area contributed by atoms with Crippen LogP contribution < -0.4 is 5.32 Å². The number of terminal acetylenes is 1. The molecular weight excluding hydrogens is 501 g/mol. The largest absolute Gasteiger partial charge is 0.462 e. The molecule has 0 aliphatic carbocycles. The molecule has 0 saturated carbocycles. The lowest BCUT2D eigenvalue weighted by Crippen LogP contribution is -2.34. The number of rotatable bonds is 17. The molecule has 1 aliphatic rings. The van der Waals surface area contributed by atoms with Crippen LogP contribution in [-0.4, -0.2) is 43.6 Å². The molecule has 9 nitrogen and oxygen atoms in total. The fourth-order valence-corrected chi connectivity index (χ4v) is 4.75. The highest BCUT2D eigenvalue weighted by Crippen LogP contribution is 2.38. The number of anilines is 1. The van der Waals surface area contributed by atoms with Gasteiger partial charge in [-0.3, -0.25) is 14.2 Å². The minimum Gasteiger partial charge on any atom is -0.462 e. The Morgan fingerprint density at radius 3 is 2.49 bits per heavy atom. The molecule has 0 aromatic carbocycles. The monoisotopic (exact) mass is 543 g/mol. The van der Waals surface area contributed by atoms with E-state index in [1.807, 2.05) is 6.92 Å². The van der Waals surface area contributed by atoms with E-state index in [1.54, 1.807) is 4.57 Å². The number of halogens is 1. The van der Waals surface area contributed by atoms with Gasteiger partial charge in [-0.05, 0) is 25.7 Å². The van der Waals surface area contributed by atoms with Crippen LogP contribution in [-0.2, 0) is 19.1 Å². The zero-order chi connectivity index (χ0) is 28.1. The van der Waals surface area contributed by atoms with Crippen LogP contribution in [0.25, 0.3) is 11.2 Å². The number of imidazole rings is 1. The molecule has 1 fully saturated rings. The second-order valence-corrected chi connectivity index (χ2v) is 10.3. The van der Waals surface area contributed by atoms with Gasteiger partial charge >= 0.3 is 12.0 Å². The van der Waals surface area contributed by atoms with Crippen molar-refractivity contribution < 1.29 is 23.5 Å². The molecule has 3 rings (SSSR count). The van der Waals surface area contributed by atoms with Crippen molar-refractivity contribution in [2.24, 2.45) is 0 Å². The number of carbonyl (C=O) groups excluding carboxylic acids is 2. The van der Waals surface area contributed by atoms with Crippen LogP contribution in [0.1, 0.15) is 116 Å². The SMILES string of the molecule is C#C[C@@]1(COC(=O)CCCC)CC[C@H](n2cnc3c(NC(=O)CCCCCCCCCCC)nc(F)nc32)O1. The Kier molecular flexibility index (Phi) is 12.1. The highest BCUT2D eigenvalue weighted by atomic mass is 19.1. The van der Waals surface area contributed by atoms with Gasteiger partial charge in [-0.2, -0.15) is 14.4 Å². The van der Waals surface area contributed by atoms with Gasteiger partial charge in [0.05, 0.1) is 6.33 Å². The van der Waals surface area contributed by atoms with Crippen LogP contribution in [0.3, 0.4) is 0 Å². The molecule has 1 amide bonds. The van der Waals surface area contributed by atoms with Gasteiger partial charge in [-0.1, -0.05) is 77.6 Å². The molecule has 0 unspecified atom stereocenters. The number of hydrogen-bond donors (Lipinski definition) is 1. The lowest BCUT2D eigenvalue weighted by Gasteiger charge is -2.23. The van der Waals surface area contributed by atoms with Gasteiger partial charge in [-0.15, -0.1) is 6.42 Å². The average molecular weight is 544 g/mol. The van der Waals surface area contributed by atoms with E-state index in [0.717, 1.165) is 32.1 Å². The summed E-state index contributed by atoms with van der Waals surface area (Å²) in [5.41, 5.74) is -0.621. The minimum absolute atomic E-state index is 0.0308. The summed E-state index contributed by atoms with van der Waals surface area (Å²) in [6.07, 6.45) is 19.3. The van der Waals surface area contributed by atoms with Crippen LogP contribution in [0, 0.1) is 18.4 Å². The number of amides is 1. The average Bonchev–Trinajstić information content (AvgIpc) is 3.54. The van der Waals surface area contributed by atoms with Gasteiger partial charge in [0.25, 0.3) is 0 Å². The quantitative estimate of drug-likeness (QED) is 0.109. The second kappa shape index (κ2) is 15.5. The van der Waals surface area contributed by atoms with Crippen LogP contribution in [0.4, 0.5) is 10.2 Å². The molecular formula is C29H42FN5O4. The molecule has 1 saturated heterocycles. The number of esters is 1. The summed E-state index contributed by atoms with van der Waals surface area (Å²) in [6, 6.07) is 0. The highest BCUT2D eigenvalue weighted by molar-refractivity contribution is 5.96. The number of unbranched alkanes of at least 4 members (excludes halogenated alkanes) is 9. The summed E-state index contributed by atoms with van der Waals surface area (Å²) in [4.78, 5) is 36.5. The van der Waals surface area contributed by atoms with E-state index in [-0.39, 0.29) is 35.5 Å². The molecule has 214 valence electrons. The van der Waals surface area contributed by atoms with Crippen molar-refractivity contribution in [2.45, 2.75) is 122 Å². The summed E-state index contributed by atoms with van der Waals surface area (Å²) in [7, 11) is 0. The number of ether oxygens (including phenoxy) is 2. The zero-order valence-corrected chi connectivity index (χ0v) is 23.3. The molecule has 10 heteroatoms. The van der Waals surface area contributed by atoms with Crippen molar-refractivity contribution in [1.82, 2.24) is 19.5 Å². The molecule has 2 aromatic heterocycles. The third-order valence-corrected chi connectivity index (χ3v) is 7.09. The fourth-order valence-electron chi connectivity index (χ4n) is 4.75. The molecule has 0 bridgehead atoms. The van der Waals surface area contributed by atoms with Crippen molar-refractivity contribution in [3.8, 4) is 12.3 Å². The molecule has 0 radical (unpaired) electrons. The van der Waals surface area contributed by atoms with Crippen molar-refractivity contribution in [2.75, 3.05) is 11.9 Å². The Bertz CT molecular complexity index is 1130. The zero-order valence-electron chi connectivity index (χ0n) is 23.3. The van der Waals surface area contributed by atoms with Gasteiger partial charge in [-0.25, -0.2) is 4.98 Å². The van der Waals surface area contributed by atoms with Gasteiger partial charge in [0.1, 0.15) is 12.8 Å². The number of carbonyl (C=O) groups is 2. The third kappa shape index (κ3) is 8.99. The van der Waals surface area contributed by atoms with E-state index in [1.165, 1.54) is 44.9 Å². The maximum atomic E-state index is 14.4. The topological polar surface area (TPSA) is 108 Å². The molecule has 2 atom stereocenters. The molecule has 0 spiro atoms. The van der Waals surface area contributed by atoms with E-state index in [2.05, 4.69) is 33.1 Å². The highest BCUT2D eigenvalue weighted by Gasteiger charge is 2.41. The van der Waals surface area contributed by atoms with Crippen molar-refractivity contribution in [3.63, 3.8) is 0 Å². The predicted molar refractivity (Wildman–Crippen MR) is 147 cm³/mol. The predicted octanol–water partition coefficient (Wildman–Crippen LogP) is 6.24. The van der Waals surface area contributed by atoms with Crippen molar-refractivity contribution >= 4 is 28.9 Å². The Morgan fingerprint density at radius 1 is 1.10 bits per heavy atom. The molecule has 39 heavy (non-hydrogen) atoms. The van der Waals surface area contributed by atoms with Crippen LogP contribution in [0.5, 0.6) is 0 Å². The molecule has 2 aromatic rings. The van der Waals surface area contributed by atoms with E-state index < -0.39 is 17.9 Å². The first-order valence-electron chi connectivity index (χ1n) is 14.4. The Morgan fingerprint density at radius 2 is 1.79 bits per heavy atom.